The van der Waals surface area contributed by atoms with E-state index in [1.54, 1.807) is 0 Å². The molecule has 0 fully saturated rings. The van der Waals surface area contributed by atoms with Gasteiger partial charge in [0.1, 0.15) is 5.82 Å². The van der Waals surface area contributed by atoms with E-state index in [0.29, 0.717) is 11.6 Å². The number of allylic oxidation sites excluding steroid dienone is 4. The third-order valence-electron chi connectivity index (χ3n) is 8.16. The third kappa shape index (κ3) is 5.13. The lowest BCUT2D eigenvalue weighted by Gasteiger charge is -2.15. The van der Waals surface area contributed by atoms with Gasteiger partial charge >= 0.3 is 0 Å². The van der Waals surface area contributed by atoms with Gasteiger partial charge in [0.05, 0.1) is 16.7 Å². The molecule has 8 rings (SSSR count). The van der Waals surface area contributed by atoms with Crippen LogP contribution in [0, 0.1) is 19.1 Å². The minimum Gasteiger partial charge on any atom is -0.251 e. The largest absolute Gasteiger partial charge is 0.251 e. The van der Waals surface area contributed by atoms with Gasteiger partial charge in [-0.1, -0.05) is 103 Å². The molecule has 4 aromatic carbocycles. The summed E-state index contributed by atoms with van der Waals surface area (Å²) >= 11 is 0. The van der Waals surface area contributed by atoms with E-state index in [-0.39, 0.29) is 5.92 Å². The summed E-state index contributed by atoms with van der Waals surface area (Å²) in [5.74, 6) is 2.19. The summed E-state index contributed by atoms with van der Waals surface area (Å²) in [6.07, 6.45) is 9.31. The molecule has 0 radical (unpaired) electrons. The van der Waals surface area contributed by atoms with Crippen LogP contribution >= 0.6 is 0 Å². The molecule has 0 N–H and O–H groups in total. The van der Waals surface area contributed by atoms with Crippen LogP contribution in [0.2, 0.25) is 0 Å². The van der Waals surface area contributed by atoms with Crippen LogP contribution in [0.4, 0.5) is 0 Å². The van der Waals surface area contributed by atoms with Crippen molar-refractivity contribution in [2.75, 3.05) is 0 Å². The number of aryl methyl sites for hydroxylation is 1. The van der Waals surface area contributed by atoms with Crippen molar-refractivity contribution in [1.29, 1.82) is 0 Å². The highest BCUT2D eigenvalue weighted by atomic mass is 15.0. The molecule has 1 atom stereocenters. The summed E-state index contributed by atoms with van der Waals surface area (Å²) in [5, 5.41) is 2.09. The molecule has 212 valence electrons. The minimum atomic E-state index is 0.0956. The monoisotopic (exact) mass is 577 g/mol. The van der Waals surface area contributed by atoms with Gasteiger partial charge in [0.15, 0.2) is 11.6 Å². The number of hydrogen-bond donors (Lipinski definition) is 0. The fourth-order valence-electron chi connectivity index (χ4n) is 5.86. The maximum atomic E-state index is 5.15. The van der Waals surface area contributed by atoms with Gasteiger partial charge in [0, 0.05) is 39.1 Å². The number of nitrogens with zero attached hydrogens (tertiary/aromatic N) is 5. The first-order valence-corrected chi connectivity index (χ1v) is 15.0. The van der Waals surface area contributed by atoms with Crippen molar-refractivity contribution in [1.82, 2.24) is 24.9 Å². The topological polar surface area (TPSA) is 64.5 Å². The normalized spacial score (nSPS) is 14.1. The maximum absolute atomic E-state index is 5.15. The quantitative estimate of drug-likeness (QED) is 0.191. The van der Waals surface area contributed by atoms with Gasteiger partial charge in [0.2, 0.25) is 0 Å². The number of benzene rings is 3. The van der Waals surface area contributed by atoms with Crippen LogP contribution in [0.15, 0.2) is 127 Å². The first-order chi connectivity index (χ1) is 22.2. The van der Waals surface area contributed by atoms with Crippen molar-refractivity contribution >= 4 is 21.8 Å². The Labute approximate surface area is 261 Å². The van der Waals surface area contributed by atoms with Crippen LogP contribution < -0.4 is 0 Å². The second-order valence-electron chi connectivity index (χ2n) is 11.2. The predicted octanol–water partition coefficient (Wildman–Crippen LogP) is 9.14. The average molecular weight is 578 g/mol. The summed E-state index contributed by atoms with van der Waals surface area (Å²) in [7, 11) is 0. The second-order valence-corrected chi connectivity index (χ2v) is 11.2. The summed E-state index contributed by atoms with van der Waals surface area (Å²) in [4.78, 5) is 25.0. The molecule has 0 aliphatic heterocycles. The number of fused-ring (bicyclic) bond motifs is 3. The highest BCUT2D eigenvalue weighted by molar-refractivity contribution is 6.09. The van der Waals surface area contributed by atoms with Crippen molar-refractivity contribution in [2.24, 2.45) is 0 Å². The molecule has 1 aliphatic carbocycles. The van der Waals surface area contributed by atoms with Crippen LogP contribution in [0.1, 0.15) is 23.9 Å². The predicted molar refractivity (Wildman–Crippen MR) is 180 cm³/mol. The Bertz CT molecular complexity index is 2260. The molecule has 3 aromatic heterocycles. The molecule has 5 heteroatoms. The molecule has 5 nitrogen and oxygen atoms in total. The van der Waals surface area contributed by atoms with Crippen LogP contribution in [-0.2, 0) is 0 Å². The lowest BCUT2D eigenvalue weighted by molar-refractivity contribution is 0.764. The molecule has 0 saturated carbocycles. The molecule has 3 heterocycles. The number of rotatable bonds is 5. The zero-order valence-electron chi connectivity index (χ0n) is 24.6. The Morgan fingerprint density at radius 2 is 1.47 bits per heavy atom. The maximum Gasteiger partial charge on any atom is 0.163 e. The van der Waals surface area contributed by atoms with Gasteiger partial charge in [0.25, 0.3) is 0 Å². The van der Waals surface area contributed by atoms with Crippen molar-refractivity contribution < 1.29 is 0 Å². The molecular formula is C40H27N5. The van der Waals surface area contributed by atoms with Gasteiger partial charge in [-0.2, -0.15) is 0 Å². The highest BCUT2D eigenvalue weighted by Crippen LogP contribution is 2.36. The summed E-state index contributed by atoms with van der Waals surface area (Å²) in [6, 6.07) is 41.0. The molecule has 45 heavy (non-hydrogen) atoms. The molecule has 1 unspecified atom stereocenters. The Morgan fingerprint density at radius 3 is 2.29 bits per heavy atom. The lowest BCUT2D eigenvalue weighted by Crippen LogP contribution is -2.07. The Balaban J connectivity index is 1.33. The van der Waals surface area contributed by atoms with Gasteiger partial charge in [-0.25, -0.2) is 19.9 Å². The number of pyridine rings is 2. The van der Waals surface area contributed by atoms with E-state index >= 15 is 0 Å². The molecule has 0 amide bonds. The van der Waals surface area contributed by atoms with Gasteiger partial charge in [-0.3, -0.25) is 4.98 Å². The highest BCUT2D eigenvalue weighted by Gasteiger charge is 2.18. The molecule has 7 aromatic rings. The van der Waals surface area contributed by atoms with Gasteiger partial charge in [-0.15, -0.1) is 0 Å². The van der Waals surface area contributed by atoms with Crippen LogP contribution in [-0.4, -0.2) is 24.9 Å². The van der Waals surface area contributed by atoms with Crippen LogP contribution in [0.25, 0.3) is 67.0 Å². The molecule has 0 saturated heterocycles. The van der Waals surface area contributed by atoms with E-state index in [1.807, 2.05) is 61.5 Å². The van der Waals surface area contributed by atoms with E-state index in [4.69, 9.17) is 24.9 Å². The van der Waals surface area contributed by atoms with Crippen molar-refractivity contribution in [3.05, 3.63) is 151 Å². The molecular weight excluding hydrogens is 550 g/mol. The van der Waals surface area contributed by atoms with Crippen LogP contribution in [0.5, 0.6) is 0 Å². The van der Waals surface area contributed by atoms with Crippen LogP contribution in [0.3, 0.4) is 0 Å². The molecule has 0 spiro atoms. The lowest BCUT2D eigenvalue weighted by atomic mass is 9.95. The third-order valence-corrected chi connectivity index (χ3v) is 8.16. The van der Waals surface area contributed by atoms with E-state index in [1.165, 1.54) is 0 Å². The van der Waals surface area contributed by atoms with Crippen molar-refractivity contribution in [3.63, 3.8) is 0 Å². The standard InChI is InChI=1S/C40H27N5/c1-26-20-21-28-22-23-33-34(25-35(27-12-5-2-6-13-27)42-37(33)36(28)41-26)31-18-11-19-32(24-31)40-44-38(29-14-7-3-8-15-29)43-39(45-40)30-16-9-4-10-17-30/h3-5,7-16,18-25,30H,17H2,1H3. The zero-order chi connectivity index (χ0) is 30.2. The van der Waals surface area contributed by atoms with E-state index in [2.05, 4.69) is 85.0 Å². The minimum absolute atomic E-state index is 0.0956. The Kier molecular flexibility index (Phi) is 6.66. The Morgan fingerprint density at radius 1 is 0.644 bits per heavy atom. The van der Waals surface area contributed by atoms with Crippen molar-refractivity contribution in [3.8, 4) is 45.2 Å². The van der Waals surface area contributed by atoms with Gasteiger partial charge in [-0.05, 0) is 60.9 Å². The summed E-state index contributed by atoms with van der Waals surface area (Å²) < 4.78 is 0. The average Bonchev–Trinajstić information content (AvgIpc) is 3.12. The van der Waals surface area contributed by atoms with Gasteiger partial charge < -0.3 is 0 Å². The number of hydrogen-bond acceptors (Lipinski definition) is 5. The smallest absolute Gasteiger partial charge is 0.163 e. The van der Waals surface area contributed by atoms with E-state index in [9.17, 15) is 0 Å². The fraction of sp³-hybridized carbons (Fsp3) is 0.0750. The SMILES string of the molecule is Cc1ccc2ccc3c(-c4cccc(-c5nc(-c6ccccc6)nc(C6C=CC=CC6)n5)c4)cc(-c4cc#ccc4)nc3c2n1. The Hall–Kier alpha value is -5.99. The zero-order valence-corrected chi connectivity index (χ0v) is 24.6. The fourth-order valence-corrected chi connectivity index (χ4v) is 5.86. The number of aromatic nitrogens is 5. The summed E-state index contributed by atoms with van der Waals surface area (Å²) in [5.41, 5.74) is 8.54. The summed E-state index contributed by atoms with van der Waals surface area (Å²) in [6.45, 7) is 2.01. The second kappa shape index (κ2) is 11.3. The van der Waals surface area contributed by atoms with E-state index in [0.717, 1.165) is 73.3 Å². The van der Waals surface area contributed by atoms with Crippen molar-refractivity contribution in [2.45, 2.75) is 19.3 Å². The van der Waals surface area contributed by atoms with E-state index < -0.39 is 0 Å². The molecule has 1 aliphatic rings. The molecule has 0 bridgehead atoms. The first kappa shape index (κ1) is 26.6. The first-order valence-electron chi connectivity index (χ1n) is 15.0.